The predicted octanol–water partition coefficient (Wildman–Crippen LogP) is -1.24. The molecule has 0 radical (unpaired) electrons. The number of nitrogens with one attached hydrogen (secondary N) is 1. The van der Waals surface area contributed by atoms with Gasteiger partial charge in [-0.25, -0.2) is 9.78 Å². The van der Waals surface area contributed by atoms with Gasteiger partial charge in [-0.15, -0.1) is 11.3 Å². The van der Waals surface area contributed by atoms with Crippen LogP contribution in [0.15, 0.2) is 10.5 Å². The van der Waals surface area contributed by atoms with E-state index in [0.717, 1.165) is 11.3 Å². The molecule has 0 spiro atoms. The van der Waals surface area contributed by atoms with Crippen molar-refractivity contribution in [2.24, 2.45) is 5.16 Å². The summed E-state index contributed by atoms with van der Waals surface area (Å²) in [5, 5.41) is 18.8. The van der Waals surface area contributed by atoms with Crippen LogP contribution in [0.25, 0.3) is 0 Å². The zero-order valence-corrected chi connectivity index (χ0v) is 17.7. The molecule has 1 aromatic heterocycles. The number of thiazole rings is 1. The first-order valence-corrected chi connectivity index (χ1v) is 7.69. The fourth-order valence-electron chi connectivity index (χ4n) is 1.20. The van der Waals surface area contributed by atoms with Gasteiger partial charge in [0.05, 0.1) is 5.97 Å². The number of hydrogen-bond acceptors (Lipinski definition) is 8. The van der Waals surface area contributed by atoms with E-state index in [2.05, 4.69) is 15.5 Å². The fourth-order valence-corrected chi connectivity index (χ4v) is 1.88. The van der Waals surface area contributed by atoms with Gasteiger partial charge in [0.15, 0.2) is 10.8 Å². The van der Waals surface area contributed by atoms with E-state index in [4.69, 9.17) is 9.57 Å². The Morgan fingerprint density at radius 1 is 1.21 bits per heavy atom. The molecule has 24 heavy (non-hydrogen) atoms. The molecule has 1 aromatic rings. The molecule has 128 valence electrons. The standard InChI is InChI=1S/C14H21N3O5S.Na/c1-13(2,3)21-12(20)16-11-15-8(7-23-11)9(10(18)19)17-22-14(4,5)6;/h7H,1-6H3,(H,18,19)(H,15,16,20);/q;+1/p-1. The van der Waals surface area contributed by atoms with E-state index in [9.17, 15) is 14.7 Å². The molecule has 0 atom stereocenters. The number of anilines is 1. The molecule has 0 aliphatic carbocycles. The first-order chi connectivity index (χ1) is 10.4. The number of amides is 1. The predicted molar refractivity (Wildman–Crippen MR) is 84.4 cm³/mol. The molecule has 0 saturated carbocycles. The number of rotatable bonds is 4. The third-order valence-corrected chi connectivity index (χ3v) is 2.72. The van der Waals surface area contributed by atoms with Crippen molar-refractivity contribution in [3.05, 3.63) is 11.1 Å². The Morgan fingerprint density at radius 3 is 2.25 bits per heavy atom. The summed E-state index contributed by atoms with van der Waals surface area (Å²) in [6.45, 7) is 10.3. The molecule has 1 rings (SSSR count). The van der Waals surface area contributed by atoms with Crippen LogP contribution in [0, 0.1) is 0 Å². The minimum absolute atomic E-state index is 0. The van der Waals surface area contributed by atoms with Crippen molar-refractivity contribution in [2.75, 3.05) is 5.32 Å². The topological polar surface area (TPSA) is 113 Å². The van der Waals surface area contributed by atoms with Gasteiger partial charge in [-0.05, 0) is 41.5 Å². The molecule has 1 heterocycles. The number of oxime groups is 1. The Morgan fingerprint density at radius 2 is 1.79 bits per heavy atom. The Bertz CT molecular complexity index is 617. The van der Waals surface area contributed by atoms with Crippen molar-refractivity contribution >= 4 is 34.2 Å². The summed E-state index contributed by atoms with van der Waals surface area (Å²) in [4.78, 5) is 31.9. The Labute approximate surface area is 166 Å². The fraction of sp³-hybridized carbons (Fsp3) is 0.571. The molecule has 8 nitrogen and oxygen atoms in total. The van der Waals surface area contributed by atoms with Crippen molar-refractivity contribution in [3.63, 3.8) is 0 Å². The van der Waals surface area contributed by atoms with Gasteiger partial charge in [-0.1, -0.05) is 5.16 Å². The molecule has 1 amide bonds. The van der Waals surface area contributed by atoms with Crippen molar-refractivity contribution in [3.8, 4) is 0 Å². The average Bonchev–Trinajstić information content (AvgIpc) is 2.72. The molecular formula is C14H20N3NaO5S. The van der Waals surface area contributed by atoms with Gasteiger partial charge < -0.3 is 19.5 Å². The molecule has 0 fully saturated rings. The van der Waals surface area contributed by atoms with Crippen LogP contribution in [-0.2, 0) is 14.4 Å². The van der Waals surface area contributed by atoms with E-state index in [-0.39, 0.29) is 40.4 Å². The smallest absolute Gasteiger partial charge is 0.543 e. The van der Waals surface area contributed by atoms with Gasteiger partial charge in [-0.2, -0.15) is 0 Å². The van der Waals surface area contributed by atoms with E-state index in [0.29, 0.717) is 0 Å². The largest absolute Gasteiger partial charge is 1.00 e. The second kappa shape index (κ2) is 8.80. The third kappa shape index (κ3) is 8.62. The summed E-state index contributed by atoms with van der Waals surface area (Å²) in [7, 11) is 0. The maximum Gasteiger partial charge on any atom is 1.00 e. The number of aliphatic carboxylic acids is 1. The van der Waals surface area contributed by atoms with E-state index >= 15 is 0 Å². The maximum atomic E-state index is 11.6. The summed E-state index contributed by atoms with van der Waals surface area (Å²) in [6.07, 6.45) is -0.684. The van der Waals surface area contributed by atoms with Gasteiger partial charge in [0.25, 0.3) is 0 Å². The summed E-state index contributed by atoms with van der Waals surface area (Å²) in [5.74, 6) is -1.52. The van der Waals surface area contributed by atoms with Crippen LogP contribution in [0.5, 0.6) is 0 Å². The van der Waals surface area contributed by atoms with E-state index in [1.54, 1.807) is 41.5 Å². The third-order valence-electron chi connectivity index (χ3n) is 1.96. The molecule has 0 aliphatic rings. The SMILES string of the molecule is CC(C)(C)ON=C(C(=O)[O-])c1csc(NC(=O)OC(C)(C)C)n1.[Na+]. The van der Waals surface area contributed by atoms with Crippen molar-refractivity contribution in [1.29, 1.82) is 0 Å². The normalized spacial score (nSPS) is 12.2. The number of nitrogens with zero attached hydrogens (tertiary/aromatic N) is 2. The zero-order valence-electron chi connectivity index (χ0n) is 14.9. The first kappa shape index (κ1) is 22.8. The minimum Gasteiger partial charge on any atom is -0.543 e. The Kier molecular flexibility index (Phi) is 8.37. The number of carbonyl (C=O) groups is 2. The number of hydrogen-bond donors (Lipinski definition) is 1. The Hall–Kier alpha value is -1.16. The van der Waals surface area contributed by atoms with Crippen LogP contribution in [-0.4, -0.2) is 34.0 Å². The van der Waals surface area contributed by atoms with E-state index in [1.807, 2.05) is 0 Å². The second-order valence-electron chi connectivity index (χ2n) is 6.60. The van der Waals surface area contributed by atoms with Gasteiger partial charge in [0.1, 0.15) is 16.9 Å². The second-order valence-corrected chi connectivity index (χ2v) is 7.45. The van der Waals surface area contributed by atoms with Crippen LogP contribution in [0.2, 0.25) is 0 Å². The zero-order chi connectivity index (χ0) is 17.8. The summed E-state index contributed by atoms with van der Waals surface area (Å²) >= 11 is 1.03. The van der Waals surface area contributed by atoms with E-state index in [1.165, 1.54) is 5.38 Å². The number of carbonyl (C=O) groups excluding carboxylic acids is 2. The van der Waals surface area contributed by atoms with Crippen LogP contribution in [0.1, 0.15) is 47.2 Å². The summed E-state index contributed by atoms with van der Waals surface area (Å²) in [6, 6.07) is 0. The maximum absolute atomic E-state index is 11.6. The van der Waals surface area contributed by atoms with E-state index < -0.39 is 29.0 Å². The molecule has 0 saturated heterocycles. The van der Waals surface area contributed by atoms with Crippen LogP contribution in [0.3, 0.4) is 0 Å². The Balaban J connectivity index is 0.00000529. The minimum atomic E-state index is -1.52. The van der Waals surface area contributed by atoms with Crippen LogP contribution < -0.4 is 40.0 Å². The molecule has 1 N–H and O–H groups in total. The molecular weight excluding hydrogens is 345 g/mol. The number of carboxylic acids is 1. The molecule has 0 aromatic carbocycles. The van der Waals surface area contributed by atoms with Gasteiger partial charge >= 0.3 is 35.7 Å². The van der Waals surface area contributed by atoms with Crippen molar-refractivity contribution in [2.45, 2.75) is 52.7 Å². The molecule has 10 heteroatoms. The van der Waals surface area contributed by atoms with Crippen LogP contribution >= 0.6 is 11.3 Å². The van der Waals surface area contributed by atoms with Crippen LogP contribution in [0.4, 0.5) is 9.93 Å². The summed E-state index contributed by atoms with van der Waals surface area (Å²) < 4.78 is 5.08. The number of carboxylic acid groups (broad SMARTS) is 1. The molecule has 0 unspecified atom stereocenters. The van der Waals surface area contributed by atoms with Gasteiger partial charge in [0, 0.05) is 5.38 Å². The first-order valence-electron chi connectivity index (χ1n) is 6.81. The number of aromatic nitrogens is 1. The molecule has 0 aliphatic heterocycles. The van der Waals surface area contributed by atoms with Crippen molar-refractivity contribution < 1.29 is 53.8 Å². The van der Waals surface area contributed by atoms with Gasteiger partial charge in [0.2, 0.25) is 0 Å². The number of ether oxygens (including phenoxy) is 1. The quantitative estimate of drug-likeness (QED) is 0.406. The molecule has 0 bridgehead atoms. The van der Waals surface area contributed by atoms with Crippen molar-refractivity contribution in [1.82, 2.24) is 4.98 Å². The average molecular weight is 365 g/mol. The van der Waals surface area contributed by atoms with Gasteiger partial charge in [-0.3, -0.25) is 5.32 Å². The monoisotopic (exact) mass is 365 g/mol. The summed E-state index contributed by atoms with van der Waals surface area (Å²) in [5.41, 5.74) is -1.73.